The van der Waals surface area contributed by atoms with Crippen LogP contribution in [0.5, 0.6) is 0 Å². The first-order valence-electron chi connectivity index (χ1n) is 9.45. The van der Waals surface area contributed by atoms with Crippen LogP contribution in [0.3, 0.4) is 0 Å². The zero-order valence-electron chi connectivity index (χ0n) is 15.9. The van der Waals surface area contributed by atoms with Crippen molar-refractivity contribution >= 4 is 28.3 Å². The van der Waals surface area contributed by atoms with E-state index in [0.717, 1.165) is 12.2 Å². The topological polar surface area (TPSA) is 66.6 Å². The van der Waals surface area contributed by atoms with Gasteiger partial charge in [0.15, 0.2) is 5.65 Å². The van der Waals surface area contributed by atoms with Crippen molar-refractivity contribution in [1.29, 1.82) is 0 Å². The highest BCUT2D eigenvalue weighted by molar-refractivity contribution is 5.82. The summed E-state index contributed by atoms with van der Waals surface area (Å²) < 4.78 is 16.7. The number of rotatable bonds is 3. The number of hydrogen-bond donors (Lipinski definition) is 0. The highest BCUT2D eigenvalue weighted by Crippen LogP contribution is 2.22. The predicted molar refractivity (Wildman–Crippen MR) is 107 cm³/mol. The third-order valence-corrected chi connectivity index (χ3v) is 5.37. The Balaban J connectivity index is 1.50. The monoisotopic (exact) mass is 390 g/mol. The van der Waals surface area contributed by atoms with Crippen molar-refractivity contribution in [2.24, 2.45) is 0 Å². The molecule has 4 aromatic rings. The predicted octanol–water partition coefficient (Wildman–Crippen LogP) is 2.29. The molecule has 0 bridgehead atoms. The van der Waals surface area contributed by atoms with Gasteiger partial charge in [-0.15, -0.1) is 5.10 Å². The van der Waals surface area contributed by atoms with Crippen LogP contribution in [-0.4, -0.2) is 57.1 Å². The number of hydrogen-bond acceptors (Lipinski definition) is 5. The van der Waals surface area contributed by atoms with Crippen molar-refractivity contribution in [1.82, 2.24) is 24.5 Å². The molecule has 0 N–H and O–H groups in total. The fraction of sp³-hybridized carbons (Fsp3) is 0.238. The minimum atomic E-state index is -0.272. The standard InChI is InChI=1S/C21H19FN6O/c1-26-9-10-27(13-20(26)29)19-7-6-18-24-12-15(28(18)25-19)11-14-4-5-17-16(21(14)22)3-2-8-23-17/h2-8,12H,9-11,13H2,1H3. The largest absolute Gasteiger partial charge is 0.344 e. The summed E-state index contributed by atoms with van der Waals surface area (Å²) in [6.07, 6.45) is 3.73. The summed E-state index contributed by atoms with van der Waals surface area (Å²) in [6, 6.07) is 10.8. The Morgan fingerprint density at radius 3 is 2.86 bits per heavy atom. The zero-order chi connectivity index (χ0) is 20.0. The number of carbonyl (C=O) groups excluding carboxylic acids is 1. The fourth-order valence-corrected chi connectivity index (χ4v) is 3.65. The van der Waals surface area contributed by atoms with Crippen molar-refractivity contribution in [3.63, 3.8) is 0 Å². The lowest BCUT2D eigenvalue weighted by Crippen LogP contribution is -2.48. The summed E-state index contributed by atoms with van der Waals surface area (Å²) >= 11 is 0. The lowest BCUT2D eigenvalue weighted by Gasteiger charge is -2.32. The lowest BCUT2D eigenvalue weighted by atomic mass is 10.1. The van der Waals surface area contributed by atoms with E-state index in [2.05, 4.69) is 15.1 Å². The molecule has 0 radical (unpaired) electrons. The van der Waals surface area contributed by atoms with Crippen LogP contribution in [0.25, 0.3) is 16.6 Å². The highest BCUT2D eigenvalue weighted by atomic mass is 19.1. The number of aromatic nitrogens is 4. The number of likely N-dealkylation sites (N-methyl/N-ethyl adjacent to an activating group) is 1. The van der Waals surface area contributed by atoms with Crippen LogP contribution < -0.4 is 4.90 Å². The molecule has 0 atom stereocenters. The normalized spacial score (nSPS) is 14.9. The van der Waals surface area contributed by atoms with E-state index in [1.54, 1.807) is 47.1 Å². The summed E-state index contributed by atoms with van der Waals surface area (Å²) in [5.41, 5.74) is 2.66. The smallest absolute Gasteiger partial charge is 0.241 e. The number of carbonyl (C=O) groups is 1. The number of fused-ring (bicyclic) bond motifs is 2. The van der Waals surface area contributed by atoms with Gasteiger partial charge in [-0.25, -0.2) is 13.9 Å². The van der Waals surface area contributed by atoms with Crippen LogP contribution in [0.4, 0.5) is 10.2 Å². The molecule has 1 aliphatic heterocycles. The number of anilines is 1. The van der Waals surface area contributed by atoms with Gasteiger partial charge in [0.1, 0.15) is 11.6 Å². The second-order valence-electron chi connectivity index (χ2n) is 7.23. The van der Waals surface area contributed by atoms with Gasteiger partial charge in [-0.05, 0) is 35.9 Å². The first-order valence-corrected chi connectivity index (χ1v) is 9.45. The van der Waals surface area contributed by atoms with Gasteiger partial charge in [0.2, 0.25) is 5.91 Å². The van der Waals surface area contributed by atoms with E-state index in [0.29, 0.717) is 47.4 Å². The van der Waals surface area contributed by atoms with Crippen LogP contribution in [0.1, 0.15) is 11.3 Å². The molecular formula is C21H19FN6O. The van der Waals surface area contributed by atoms with Crippen molar-refractivity contribution in [3.8, 4) is 0 Å². The number of nitrogens with zero attached hydrogens (tertiary/aromatic N) is 6. The third kappa shape index (κ3) is 3.06. The van der Waals surface area contributed by atoms with E-state index >= 15 is 0 Å². The minimum absolute atomic E-state index is 0.0656. The molecule has 4 heterocycles. The highest BCUT2D eigenvalue weighted by Gasteiger charge is 2.22. The van der Waals surface area contributed by atoms with Crippen LogP contribution in [0.15, 0.2) is 48.8 Å². The van der Waals surface area contributed by atoms with Gasteiger partial charge in [0.25, 0.3) is 0 Å². The molecule has 0 spiro atoms. The van der Waals surface area contributed by atoms with Gasteiger partial charge in [-0.2, -0.15) is 0 Å². The maximum Gasteiger partial charge on any atom is 0.241 e. The molecule has 1 amide bonds. The minimum Gasteiger partial charge on any atom is -0.344 e. The van der Waals surface area contributed by atoms with Crippen molar-refractivity contribution in [3.05, 3.63) is 65.9 Å². The SMILES string of the molecule is CN1CCN(c2ccc3ncc(Cc4ccc5ncccc5c4F)n3n2)CC1=O. The summed E-state index contributed by atoms with van der Waals surface area (Å²) in [7, 11) is 1.80. The number of piperazine rings is 1. The number of amides is 1. The summed E-state index contributed by atoms with van der Waals surface area (Å²) in [4.78, 5) is 24.3. The second kappa shape index (κ2) is 6.80. The first-order chi connectivity index (χ1) is 14.1. The van der Waals surface area contributed by atoms with E-state index < -0.39 is 0 Å². The molecule has 29 heavy (non-hydrogen) atoms. The second-order valence-corrected chi connectivity index (χ2v) is 7.23. The summed E-state index contributed by atoms with van der Waals surface area (Å²) in [5.74, 6) is 0.503. The molecule has 0 saturated carbocycles. The first kappa shape index (κ1) is 17.5. The number of halogens is 1. The van der Waals surface area contributed by atoms with Gasteiger partial charge in [0, 0.05) is 38.1 Å². The van der Waals surface area contributed by atoms with E-state index in [1.807, 2.05) is 23.1 Å². The van der Waals surface area contributed by atoms with Crippen molar-refractivity contribution in [2.75, 3.05) is 31.6 Å². The summed E-state index contributed by atoms with van der Waals surface area (Å²) in [6.45, 7) is 1.67. The number of imidazole rings is 1. The van der Waals surface area contributed by atoms with Gasteiger partial charge in [-0.3, -0.25) is 9.78 Å². The van der Waals surface area contributed by atoms with Crippen molar-refractivity contribution < 1.29 is 9.18 Å². The van der Waals surface area contributed by atoms with E-state index in [1.165, 1.54) is 0 Å². The molecule has 8 heteroatoms. The average Bonchev–Trinajstić information content (AvgIpc) is 3.14. The number of benzene rings is 1. The Morgan fingerprint density at radius 2 is 2.00 bits per heavy atom. The Bertz CT molecular complexity index is 1240. The molecule has 146 valence electrons. The fourth-order valence-electron chi connectivity index (χ4n) is 3.65. The van der Waals surface area contributed by atoms with E-state index in [9.17, 15) is 9.18 Å². The molecule has 5 rings (SSSR count). The molecule has 7 nitrogen and oxygen atoms in total. The maximum absolute atomic E-state index is 15.0. The van der Waals surface area contributed by atoms with Gasteiger partial charge < -0.3 is 9.80 Å². The molecule has 1 aliphatic rings. The number of pyridine rings is 1. The molecule has 1 aromatic carbocycles. The molecule has 1 fully saturated rings. The van der Waals surface area contributed by atoms with Crippen LogP contribution in [0, 0.1) is 5.82 Å². The lowest BCUT2D eigenvalue weighted by molar-refractivity contribution is -0.129. The molecular weight excluding hydrogens is 371 g/mol. The van der Waals surface area contributed by atoms with Gasteiger partial charge in [0.05, 0.1) is 24.0 Å². The quantitative estimate of drug-likeness (QED) is 0.537. The molecule has 0 aliphatic carbocycles. The van der Waals surface area contributed by atoms with Gasteiger partial charge >= 0.3 is 0 Å². The van der Waals surface area contributed by atoms with Crippen LogP contribution in [-0.2, 0) is 11.2 Å². The zero-order valence-corrected chi connectivity index (χ0v) is 15.9. The third-order valence-electron chi connectivity index (χ3n) is 5.37. The van der Waals surface area contributed by atoms with Crippen LogP contribution >= 0.6 is 0 Å². The Labute approximate surface area is 166 Å². The Hall–Kier alpha value is -3.55. The Kier molecular flexibility index (Phi) is 4.12. The average molecular weight is 390 g/mol. The molecule has 0 unspecified atom stereocenters. The Morgan fingerprint density at radius 1 is 1.10 bits per heavy atom. The summed E-state index contributed by atoms with van der Waals surface area (Å²) in [5, 5.41) is 5.18. The van der Waals surface area contributed by atoms with Crippen LogP contribution in [0.2, 0.25) is 0 Å². The molecule has 1 saturated heterocycles. The van der Waals surface area contributed by atoms with E-state index in [4.69, 9.17) is 0 Å². The maximum atomic E-state index is 15.0. The molecule has 3 aromatic heterocycles. The van der Waals surface area contributed by atoms with Gasteiger partial charge in [-0.1, -0.05) is 6.07 Å². The van der Waals surface area contributed by atoms with E-state index in [-0.39, 0.29) is 11.7 Å². The van der Waals surface area contributed by atoms with Crippen molar-refractivity contribution in [2.45, 2.75) is 6.42 Å².